The largest absolute Gasteiger partial charge is 0.480 e. The molecule has 5 heteroatoms. The molecule has 0 saturated heterocycles. The molecule has 0 aliphatic carbocycles. The second kappa shape index (κ2) is 6.59. The molecule has 2 atom stereocenters. The maximum absolute atomic E-state index is 11.8. The quantitative estimate of drug-likeness (QED) is 0.693. The zero-order valence-corrected chi connectivity index (χ0v) is 11.0. The molecule has 0 aromatic rings. The van der Waals surface area contributed by atoms with Crippen LogP contribution in [-0.2, 0) is 14.3 Å². The van der Waals surface area contributed by atoms with Crippen molar-refractivity contribution >= 4 is 11.9 Å². The number of esters is 1. The number of unbranched alkanes of at least 4 members (excludes halogenated alkanes) is 1. The van der Waals surface area contributed by atoms with Crippen molar-refractivity contribution in [3.05, 3.63) is 0 Å². The number of carbonyl (C=O) groups excluding carboxylic acids is 1. The van der Waals surface area contributed by atoms with E-state index in [-0.39, 0.29) is 0 Å². The van der Waals surface area contributed by atoms with Crippen LogP contribution >= 0.6 is 0 Å². The van der Waals surface area contributed by atoms with Gasteiger partial charge in [0.05, 0.1) is 5.92 Å². The van der Waals surface area contributed by atoms with E-state index in [1.165, 1.54) is 0 Å². The van der Waals surface area contributed by atoms with Gasteiger partial charge in [-0.05, 0) is 27.2 Å². The summed E-state index contributed by atoms with van der Waals surface area (Å²) in [5.41, 5.74) is 4.90. The Labute approximate surface area is 102 Å². The zero-order chi connectivity index (χ0) is 13.6. The summed E-state index contributed by atoms with van der Waals surface area (Å²) in [4.78, 5) is 22.7. The summed E-state index contributed by atoms with van der Waals surface area (Å²) in [5, 5.41) is 8.87. The van der Waals surface area contributed by atoms with Crippen LogP contribution in [0.25, 0.3) is 0 Å². The van der Waals surface area contributed by atoms with Crippen LogP contribution < -0.4 is 5.73 Å². The fourth-order valence-electron chi connectivity index (χ4n) is 1.42. The van der Waals surface area contributed by atoms with Gasteiger partial charge >= 0.3 is 11.9 Å². The molecule has 0 aliphatic rings. The van der Waals surface area contributed by atoms with Gasteiger partial charge in [-0.25, -0.2) is 0 Å². The van der Waals surface area contributed by atoms with E-state index in [1.54, 1.807) is 20.8 Å². The Balaban J connectivity index is 4.67. The molecule has 0 bridgehead atoms. The van der Waals surface area contributed by atoms with Crippen molar-refractivity contribution in [3.8, 4) is 0 Å². The Hall–Kier alpha value is -1.10. The third-order valence-corrected chi connectivity index (χ3v) is 2.30. The Kier molecular flexibility index (Phi) is 6.16. The molecule has 0 fully saturated rings. The Morgan fingerprint density at radius 2 is 1.88 bits per heavy atom. The highest BCUT2D eigenvalue weighted by Crippen LogP contribution is 2.18. The number of rotatable bonds is 6. The lowest BCUT2D eigenvalue weighted by Gasteiger charge is -2.25. The van der Waals surface area contributed by atoms with Crippen LogP contribution in [-0.4, -0.2) is 28.7 Å². The number of nitrogens with two attached hydrogens (primary N) is 1. The second-order valence-electron chi connectivity index (χ2n) is 5.15. The molecule has 100 valence electrons. The van der Waals surface area contributed by atoms with Crippen LogP contribution in [0.2, 0.25) is 0 Å². The molecular formula is C12H23NO4. The summed E-state index contributed by atoms with van der Waals surface area (Å²) >= 11 is 0. The van der Waals surface area contributed by atoms with Crippen molar-refractivity contribution in [2.24, 2.45) is 11.7 Å². The molecule has 0 aromatic carbocycles. The van der Waals surface area contributed by atoms with E-state index in [4.69, 9.17) is 15.6 Å². The van der Waals surface area contributed by atoms with Gasteiger partial charge in [0.25, 0.3) is 0 Å². The van der Waals surface area contributed by atoms with Gasteiger partial charge in [0.15, 0.2) is 0 Å². The number of carboxylic acids is 1. The average molecular weight is 245 g/mol. The van der Waals surface area contributed by atoms with Gasteiger partial charge in [0.1, 0.15) is 11.6 Å². The minimum Gasteiger partial charge on any atom is -0.480 e. The average Bonchev–Trinajstić information content (AvgIpc) is 2.15. The predicted octanol–water partition coefficient (Wildman–Crippen LogP) is 1.55. The Morgan fingerprint density at radius 3 is 2.24 bits per heavy atom. The van der Waals surface area contributed by atoms with Crippen LogP contribution in [0.15, 0.2) is 0 Å². The van der Waals surface area contributed by atoms with Crippen molar-refractivity contribution < 1.29 is 19.4 Å². The van der Waals surface area contributed by atoms with Crippen LogP contribution in [0, 0.1) is 5.92 Å². The zero-order valence-electron chi connectivity index (χ0n) is 11.0. The number of ether oxygens (including phenoxy) is 1. The third-order valence-electron chi connectivity index (χ3n) is 2.30. The maximum Gasteiger partial charge on any atom is 0.321 e. The van der Waals surface area contributed by atoms with Gasteiger partial charge in [0.2, 0.25) is 0 Å². The molecular weight excluding hydrogens is 222 g/mol. The summed E-state index contributed by atoms with van der Waals surface area (Å²) < 4.78 is 5.19. The summed E-state index contributed by atoms with van der Waals surface area (Å²) in [6.45, 7) is 7.20. The van der Waals surface area contributed by atoms with E-state index in [0.717, 1.165) is 12.8 Å². The molecule has 17 heavy (non-hydrogen) atoms. The van der Waals surface area contributed by atoms with Crippen LogP contribution in [0.1, 0.15) is 47.0 Å². The molecule has 5 nitrogen and oxygen atoms in total. The molecule has 0 saturated carbocycles. The van der Waals surface area contributed by atoms with Crippen molar-refractivity contribution in [3.63, 3.8) is 0 Å². The number of carbonyl (C=O) groups is 2. The van der Waals surface area contributed by atoms with Crippen LogP contribution in [0.4, 0.5) is 0 Å². The molecule has 0 aromatic heterocycles. The highest BCUT2D eigenvalue weighted by molar-refractivity contribution is 5.83. The first-order valence-corrected chi connectivity index (χ1v) is 5.90. The standard InChI is InChI=1S/C12H23NO4/c1-5-6-7-8(9(13)10(14)15)11(16)17-12(2,3)4/h8-9H,5-7,13H2,1-4H3,(H,14,15)/t8-,9-/m1/s1. The third kappa shape index (κ3) is 6.26. The SMILES string of the molecule is CCCC[C@@H](C(=O)OC(C)(C)C)[C@@H](N)C(=O)O. The van der Waals surface area contributed by atoms with Gasteiger partial charge in [0, 0.05) is 0 Å². The fourth-order valence-corrected chi connectivity index (χ4v) is 1.42. The van der Waals surface area contributed by atoms with Gasteiger partial charge in [-0.1, -0.05) is 19.8 Å². The Morgan fingerprint density at radius 1 is 1.35 bits per heavy atom. The van der Waals surface area contributed by atoms with E-state index in [1.807, 2.05) is 6.92 Å². The predicted molar refractivity (Wildman–Crippen MR) is 64.5 cm³/mol. The normalized spacial score (nSPS) is 15.1. The molecule has 0 heterocycles. The molecule has 0 spiro atoms. The first-order valence-electron chi connectivity index (χ1n) is 5.90. The molecule has 0 aliphatic heterocycles. The second-order valence-corrected chi connectivity index (χ2v) is 5.15. The molecule has 0 unspecified atom stereocenters. The minimum absolute atomic E-state index is 0.443. The van der Waals surface area contributed by atoms with E-state index >= 15 is 0 Å². The number of hydrogen-bond acceptors (Lipinski definition) is 4. The van der Waals surface area contributed by atoms with Crippen molar-refractivity contribution in [2.45, 2.75) is 58.6 Å². The van der Waals surface area contributed by atoms with Gasteiger partial charge in [-0.2, -0.15) is 0 Å². The van der Waals surface area contributed by atoms with E-state index in [0.29, 0.717) is 6.42 Å². The van der Waals surface area contributed by atoms with Crippen molar-refractivity contribution in [2.75, 3.05) is 0 Å². The maximum atomic E-state index is 11.8. The first kappa shape index (κ1) is 15.9. The van der Waals surface area contributed by atoms with E-state index in [9.17, 15) is 9.59 Å². The van der Waals surface area contributed by atoms with Crippen molar-refractivity contribution in [1.29, 1.82) is 0 Å². The fraction of sp³-hybridized carbons (Fsp3) is 0.833. The summed E-state index contributed by atoms with van der Waals surface area (Å²) in [7, 11) is 0. The molecule has 0 rings (SSSR count). The lowest BCUT2D eigenvalue weighted by molar-refractivity contribution is -0.164. The van der Waals surface area contributed by atoms with Gasteiger partial charge < -0.3 is 15.6 Å². The topological polar surface area (TPSA) is 89.6 Å². The smallest absolute Gasteiger partial charge is 0.321 e. The summed E-state index contributed by atoms with van der Waals surface area (Å²) in [5.74, 6) is -2.47. The van der Waals surface area contributed by atoms with E-state index < -0.39 is 29.5 Å². The first-order chi connectivity index (χ1) is 7.69. The highest BCUT2D eigenvalue weighted by atomic mass is 16.6. The van der Waals surface area contributed by atoms with Gasteiger partial charge in [-0.15, -0.1) is 0 Å². The Bertz CT molecular complexity index is 270. The number of hydrogen-bond donors (Lipinski definition) is 2. The van der Waals surface area contributed by atoms with E-state index in [2.05, 4.69) is 0 Å². The summed E-state index contributed by atoms with van der Waals surface area (Å²) in [6.07, 6.45) is 2.08. The lowest BCUT2D eigenvalue weighted by atomic mass is 9.94. The molecule has 3 N–H and O–H groups in total. The lowest BCUT2D eigenvalue weighted by Crippen LogP contribution is -2.44. The van der Waals surface area contributed by atoms with Crippen molar-refractivity contribution in [1.82, 2.24) is 0 Å². The van der Waals surface area contributed by atoms with Gasteiger partial charge in [-0.3, -0.25) is 9.59 Å². The number of carboxylic acid groups (broad SMARTS) is 1. The molecule has 0 radical (unpaired) electrons. The molecule has 0 amide bonds. The monoisotopic (exact) mass is 245 g/mol. The number of aliphatic carboxylic acids is 1. The minimum atomic E-state index is -1.20. The highest BCUT2D eigenvalue weighted by Gasteiger charge is 2.33. The van der Waals surface area contributed by atoms with Crippen LogP contribution in [0.3, 0.4) is 0 Å². The summed E-state index contributed by atoms with van der Waals surface area (Å²) in [6, 6.07) is -1.20. The van der Waals surface area contributed by atoms with Crippen LogP contribution in [0.5, 0.6) is 0 Å².